The van der Waals surface area contributed by atoms with E-state index in [2.05, 4.69) is 15.4 Å². The number of rotatable bonds is 5. The van der Waals surface area contributed by atoms with Crippen LogP contribution in [0.2, 0.25) is 0 Å². The van der Waals surface area contributed by atoms with Gasteiger partial charge in [0.1, 0.15) is 5.82 Å². The predicted octanol–water partition coefficient (Wildman–Crippen LogP) is 3.60. The number of fused-ring (bicyclic) bond motifs is 1. The highest BCUT2D eigenvalue weighted by Crippen LogP contribution is 2.31. The summed E-state index contributed by atoms with van der Waals surface area (Å²) in [6.45, 7) is 1.92. The number of benzene rings is 1. The first-order chi connectivity index (χ1) is 11.9. The Balaban J connectivity index is 1.96. The van der Waals surface area contributed by atoms with Crippen LogP contribution in [0.25, 0.3) is 16.9 Å². The number of hydrogen-bond acceptors (Lipinski definition) is 4. The first-order valence-electron chi connectivity index (χ1n) is 7.82. The van der Waals surface area contributed by atoms with Crippen LogP contribution < -0.4 is 5.32 Å². The first kappa shape index (κ1) is 17.2. The monoisotopic (exact) mass is 350 g/mol. The maximum absolute atomic E-state index is 12.7. The average molecular weight is 350 g/mol. The van der Waals surface area contributed by atoms with Crippen molar-refractivity contribution in [1.82, 2.24) is 14.6 Å². The van der Waals surface area contributed by atoms with E-state index in [1.165, 1.54) is 12.1 Å². The van der Waals surface area contributed by atoms with Crippen LogP contribution in [0, 0.1) is 0 Å². The Bertz CT molecular complexity index is 854. The Hall–Kier alpha value is -2.61. The molecule has 8 heteroatoms. The molecule has 1 unspecified atom stereocenters. The maximum atomic E-state index is 12.7. The van der Waals surface area contributed by atoms with Crippen LogP contribution in [0.4, 0.5) is 19.0 Å². The first-order valence-corrected chi connectivity index (χ1v) is 7.82. The van der Waals surface area contributed by atoms with Gasteiger partial charge in [0.25, 0.3) is 0 Å². The zero-order chi connectivity index (χ0) is 18.0. The van der Waals surface area contributed by atoms with Crippen LogP contribution in [0.5, 0.6) is 0 Å². The van der Waals surface area contributed by atoms with Gasteiger partial charge in [-0.2, -0.15) is 13.2 Å². The van der Waals surface area contributed by atoms with Crippen LogP contribution in [-0.4, -0.2) is 32.4 Å². The second kappa shape index (κ2) is 6.72. The third-order valence-electron chi connectivity index (χ3n) is 3.94. The zero-order valence-electron chi connectivity index (χ0n) is 13.5. The van der Waals surface area contributed by atoms with Gasteiger partial charge in [0.05, 0.1) is 30.1 Å². The molecule has 0 saturated heterocycles. The third kappa shape index (κ3) is 3.58. The summed E-state index contributed by atoms with van der Waals surface area (Å²) < 4.78 is 39.7. The van der Waals surface area contributed by atoms with E-state index in [0.717, 1.165) is 18.6 Å². The number of hydrogen-bond donors (Lipinski definition) is 2. The molecule has 0 spiro atoms. The summed E-state index contributed by atoms with van der Waals surface area (Å²) in [7, 11) is 0. The lowest BCUT2D eigenvalue weighted by molar-refractivity contribution is -0.137. The lowest BCUT2D eigenvalue weighted by atomic mass is 10.1. The number of imidazole rings is 1. The minimum absolute atomic E-state index is 0.0219. The van der Waals surface area contributed by atoms with Gasteiger partial charge in [0, 0.05) is 5.56 Å². The Kier molecular flexibility index (Phi) is 4.63. The van der Waals surface area contributed by atoms with Gasteiger partial charge in [-0.05, 0) is 30.7 Å². The Morgan fingerprint density at radius 1 is 1.16 bits per heavy atom. The lowest BCUT2D eigenvalue weighted by Gasteiger charge is -2.14. The van der Waals surface area contributed by atoms with Crippen molar-refractivity contribution < 1.29 is 18.3 Å². The summed E-state index contributed by atoms with van der Waals surface area (Å²) in [5.41, 5.74) is 1.05. The molecule has 2 aromatic heterocycles. The molecule has 0 amide bonds. The Morgan fingerprint density at radius 3 is 2.48 bits per heavy atom. The molecule has 0 radical (unpaired) electrons. The summed E-state index contributed by atoms with van der Waals surface area (Å²) in [6.07, 6.45) is -2.07. The number of aliphatic hydroxyl groups excluding tert-OH is 1. The van der Waals surface area contributed by atoms with E-state index >= 15 is 0 Å². The van der Waals surface area contributed by atoms with Gasteiger partial charge in [-0.3, -0.25) is 0 Å². The molecular weight excluding hydrogens is 333 g/mol. The number of aromatic nitrogens is 3. The van der Waals surface area contributed by atoms with Crippen molar-refractivity contribution in [1.29, 1.82) is 0 Å². The molecule has 0 aliphatic rings. The summed E-state index contributed by atoms with van der Waals surface area (Å²) in [4.78, 5) is 4.23. The Labute approximate surface area is 142 Å². The second-order valence-corrected chi connectivity index (χ2v) is 5.64. The van der Waals surface area contributed by atoms with Crippen LogP contribution in [0.1, 0.15) is 18.9 Å². The van der Waals surface area contributed by atoms with Gasteiger partial charge in [0.2, 0.25) is 0 Å². The van der Waals surface area contributed by atoms with E-state index in [4.69, 9.17) is 0 Å². The highest BCUT2D eigenvalue weighted by molar-refractivity contribution is 5.64. The standard InChI is InChI=1S/C17H17F3N4O/c1-2-13(10-25)22-15-7-8-16-21-9-14(24(16)23-15)11-3-5-12(6-4-11)17(18,19)20/h3-9,13,25H,2,10H2,1H3,(H,22,23). The predicted molar refractivity (Wildman–Crippen MR) is 88.2 cm³/mol. The molecule has 0 saturated carbocycles. The lowest BCUT2D eigenvalue weighted by Crippen LogP contribution is -2.23. The third-order valence-corrected chi connectivity index (χ3v) is 3.94. The van der Waals surface area contributed by atoms with Crippen molar-refractivity contribution in [2.75, 3.05) is 11.9 Å². The van der Waals surface area contributed by atoms with Crippen LogP contribution in [-0.2, 0) is 6.18 Å². The fourth-order valence-electron chi connectivity index (χ4n) is 2.46. The van der Waals surface area contributed by atoms with Gasteiger partial charge in [-0.25, -0.2) is 9.50 Å². The summed E-state index contributed by atoms with van der Waals surface area (Å²) in [5, 5.41) is 16.8. The topological polar surface area (TPSA) is 62.5 Å². The molecule has 5 nitrogen and oxygen atoms in total. The Morgan fingerprint density at radius 2 is 1.88 bits per heavy atom. The van der Waals surface area contributed by atoms with E-state index in [1.807, 2.05) is 6.92 Å². The summed E-state index contributed by atoms with van der Waals surface area (Å²) in [6, 6.07) is 8.26. The molecule has 2 heterocycles. The van der Waals surface area contributed by atoms with Gasteiger partial charge in [0.15, 0.2) is 5.65 Å². The largest absolute Gasteiger partial charge is 0.416 e. The minimum atomic E-state index is -4.37. The molecule has 1 aromatic carbocycles. The summed E-state index contributed by atoms with van der Waals surface area (Å²) in [5.74, 6) is 0.555. The van der Waals surface area contributed by atoms with Gasteiger partial charge in [-0.15, -0.1) is 5.10 Å². The molecule has 0 bridgehead atoms. The van der Waals surface area contributed by atoms with Crippen molar-refractivity contribution >= 4 is 11.5 Å². The smallest absolute Gasteiger partial charge is 0.394 e. The molecule has 0 fully saturated rings. The van der Waals surface area contributed by atoms with Crippen molar-refractivity contribution in [2.24, 2.45) is 0 Å². The van der Waals surface area contributed by atoms with Crippen molar-refractivity contribution in [3.05, 3.63) is 48.2 Å². The molecule has 0 aliphatic carbocycles. The van der Waals surface area contributed by atoms with Gasteiger partial charge in [-0.1, -0.05) is 19.1 Å². The highest BCUT2D eigenvalue weighted by Gasteiger charge is 2.30. The van der Waals surface area contributed by atoms with Crippen LogP contribution in [0.15, 0.2) is 42.6 Å². The number of anilines is 1. The number of alkyl halides is 3. The van der Waals surface area contributed by atoms with Gasteiger partial charge < -0.3 is 10.4 Å². The molecule has 1 atom stereocenters. The fraction of sp³-hybridized carbons (Fsp3) is 0.294. The second-order valence-electron chi connectivity index (χ2n) is 5.64. The van der Waals surface area contributed by atoms with E-state index in [-0.39, 0.29) is 12.6 Å². The van der Waals surface area contributed by atoms with Gasteiger partial charge >= 0.3 is 6.18 Å². The SMILES string of the molecule is CCC(CO)Nc1ccc2ncc(-c3ccc(C(F)(F)F)cc3)n2n1. The number of nitrogens with one attached hydrogen (secondary N) is 1. The molecule has 3 rings (SSSR count). The quantitative estimate of drug-likeness (QED) is 0.738. The number of nitrogens with zero attached hydrogens (tertiary/aromatic N) is 3. The average Bonchev–Trinajstić information content (AvgIpc) is 3.02. The number of aliphatic hydroxyl groups is 1. The van der Waals surface area contributed by atoms with Crippen LogP contribution >= 0.6 is 0 Å². The van der Waals surface area contributed by atoms with Crippen molar-refractivity contribution in [3.8, 4) is 11.3 Å². The van der Waals surface area contributed by atoms with Crippen LogP contribution in [0.3, 0.4) is 0 Å². The zero-order valence-corrected chi connectivity index (χ0v) is 13.5. The van der Waals surface area contributed by atoms with Crippen molar-refractivity contribution in [3.63, 3.8) is 0 Å². The molecule has 2 N–H and O–H groups in total. The van der Waals surface area contributed by atoms with E-state index in [9.17, 15) is 18.3 Å². The van der Waals surface area contributed by atoms with E-state index in [1.54, 1.807) is 22.8 Å². The maximum Gasteiger partial charge on any atom is 0.416 e. The highest BCUT2D eigenvalue weighted by atomic mass is 19.4. The number of halogens is 3. The normalized spacial score (nSPS) is 13.2. The van der Waals surface area contributed by atoms with Crippen molar-refractivity contribution in [2.45, 2.75) is 25.6 Å². The summed E-state index contributed by atoms with van der Waals surface area (Å²) >= 11 is 0. The molecule has 0 aliphatic heterocycles. The molecule has 132 valence electrons. The molecule has 25 heavy (non-hydrogen) atoms. The molecule has 3 aromatic rings. The fourth-order valence-corrected chi connectivity index (χ4v) is 2.46. The van der Waals surface area contributed by atoms with E-state index in [0.29, 0.717) is 22.7 Å². The minimum Gasteiger partial charge on any atom is -0.394 e. The molecular formula is C17H17F3N4O. The van der Waals surface area contributed by atoms with E-state index < -0.39 is 11.7 Å².